The zero-order valence-corrected chi connectivity index (χ0v) is 30.8. The van der Waals surface area contributed by atoms with Crippen LogP contribution in [0, 0.1) is 0 Å². The van der Waals surface area contributed by atoms with Gasteiger partial charge in [-0.3, -0.25) is 0 Å². The Bertz CT molecular complexity index is 3780. The molecule has 0 saturated heterocycles. The smallest absolute Gasteiger partial charge is 0.135 e. The Hall–Kier alpha value is -7.62. The number of aromatic nitrogens is 2. The van der Waals surface area contributed by atoms with Gasteiger partial charge < -0.3 is 13.6 Å². The monoisotopic (exact) mass is 724 g/mol. The quantitative estimate of drug-likeness (QED) is 0.166. The zero-order valence-electron chi connectivity index (χ0n) is 30.8. The molecule has 10 aromatic carbocycles. The molecule has 0 atom stereocenters. The second-order valence-electron chi connectivity index (χ2n) is 15.3. The van der Waals surface area contributed by atoms with Crippen LogP contribution >= 0.6 is 0 Å². The van der Waals surface area contributed by atoms with Crippen LogP contribution in [-0.4, -0.2) is 9.13 Å². The summed E-state index contributed by atoms with van der Waals surface area (Å²) in [6.45, 7) is 0. The lowest BCUT2D eigenvalue weighted by Crippen LogP contribution is -1.95. The molecular weight excluding hydrogens is 693 g/mol. The predicted molar refractivity (Wildman–Crippen MR) is 240 cm³/mol. The molecule has 57 heavy (non-hydrogen) atoms. The molecule has 0 aliphatic rings. The Kier molecular flexibility index (Phi) is 6.16. The van der Waals surface area contributed by atoms with Crippen molar-refractivity contribution in [3.05, 3.63) is 194 Å². The highest BCUT2D eigenvalue weighted by atomic mass is 16.3. The summed E-state index contributed by atoms with van der Waals surface area (Å²) in [5.41, 5.74) is 11.2. The van der Waals surface area contributed by atoms with E-state index in [1.54, 1.807) is 0 Å². The first-order chi connectivity index (χ1) is 28.3. The lowest BCUT2D eigenvalue weighted by atomic mass is 9.94. The van der Waals surface area contributed by atoms with E-state index in [-0.39, 0.29) is 0 Å². The van der Waals surface area contributed by atoms with Crippen molar-refractivity contribution < 1.29 is 4.42 Å². The van der Waals surface area contributed by atoms with Crippen LogP contribution in [0.2, 0.25) is 0 Å². The van der Waals surface area contributed by atoms with Gasteiger partial charge in [-0.05, 0) is 110 Å². The normalized spacial score (nSPS) is 12.2. The van der Waals surface area contributed by atoms with Crippen LogP contribution in [0.1, 0.15) is 0 Å². The Morgan fingerprint density at radius 2 is 0.684 bits per heavy atom. The van der Waals surface area contributed by atoms with E-state index in [9.17, 15) is 0 Å². The fourth-order valence-corrected chi connectivity index (χ4v) is 9.75. The Morgan fingerprint density at radius 3 is 1.40 bits per heavy atom. The predicted octanol–water partition coefficient (Wildman–Crippen LogP) is 14.9. The first-order valence-corrected chi connectivity index (χ1v) is 19.6. The third kappa shape index (κ3) is 4.31. The Morgan fingerprint density at radius 1 is 0.246 bits per heavy atom. The average Bonchev–Trinajstić information content (AvgIpc) is 3.93. The van der Waals surface area contributed by atoms with Gasteiger partial charge in [0.05, 0.1) is 22.1 Å². The molecule has 0 aliphatic carbocycles. The van der Waals surface area contributed by atoms with Gasteiger partial charge in [0, 0.05) is 43.7 Å². The minimum absolute atomic E-state index is 0.904. The molecule has 264 valence electrons. The molecule has 0 N–H and O–H groups in total. The second-order valence-corrected chi connectivity index (χ2v) is 15.3. The second kappa shape index (κ2) is 11.5. The SMILES string of the molecule is c1ccc2c(c1)oc1ccc(-n3c4ccccc4c4cc(-c5ccc6c7ccccc7n(-c7ccc8c9ccccc9c9ccccc9c8c7)c6c5)ccc43)cc12. The van der Waals surface area contributed by atoms with Gasteiger partial charge in [-0.15, -0.1) is 0 Å². The molecule has 0 spiro atoms. The standard InChI is InChI=1S/C54H32N2O/c1-2-13-39-37(11-1)38-12-3-4-14-40(38)46-31-35(23-26-41(39)46)56-49-18-8-5-15-42(49)44-25-21-34(30-52(44)56)33-22-27-51-47(29-33)43-16-6-9-19-50(43)55(51)36-24-28-54-48(32-36)45-17-7-10-20-53(45)57-54/h1-32H. The maximum atomic E-state index is 6.19. The molecule has 0 amide bonds. The van der Waals surface area contributed by atoms with Crippen molar-refractivity contribution in [1.82, 2.24) is 9.13 Å². The number of rotatable bonds is 3. The van der Waals surface area contributed by atoms with Crippen molar-refractivity contribution >= 4 is 97.9 Å². The van der Waals surface area contributed by atoms with Crippen LogP contribution in [0.4, 0.5) is 0 Å². The number of nitrogens with zero attached hydrogens (tertiary/aromatic N) is 2. The van der Waals surface area contributed by atoms with E-state index < -0.39 is 0 Å². The molecule has 3 nitrogen and oxygen atoms in total. The summed E-state index contributed by atoms with van der Waals surface area (Å²) in [7, 11) is 0. The van der Waals surface area contributed by atoms with Crippen LogP contribution in [0.5, 0.6) is 0 Å². The van der Waals surface area contributed by atoms with Gasteiger partial charge in [0.2, 0.25) is 0 Å². The summed E-state index contributed by atoms with van der Waals surface area (Å²) in [6.07, 6.45) is 0. The summed E-state index contributed by atoms with van der Waals surface area (Å²) in [5.74, 6) is 0. The van der Waals surface area contributed by atoms with Crippen LogP contribution in [0.3, 0.4) is 0 Å². The highest BCUT2D eigenvalue weighted by Gasteiger charge is 2.18. The first-order valence-electron chi connectivity index (χ1n) is 19.6. The number of benzene rings is 10. The van der Waals surface area contributed by atoms with Gasteiger partial charge in [0.25, 0.3) is 0 Å². The summed E-state index contributed by atoms with van der Waals surface area (Å²) in [6, 6.07) is 71.0. The largest absolute Gasteiger partial charge is 0.456 e. The van der Waals surface area contributed by atoms with E-state index in [1.807, 2.05) is 12.1 Å². The fourth-order valence-electron chi connectivity index (χ4n) is 9.75. The Labute approximate surface area is 326 Å². The minimum Gasteiger partial charge on any atom is -0.456 e. The van der Waals surface area contributed by atoms with E-state index in [2.05, 4.69) is 191 Å². The van der Waals surface area contributed by atoms with Crippen LogP contribution in [0.15, 0.2) is 199 Å². The molecule has 3 heterocycles. The van der Waals surface area contributed by atoms with E-state index in [1.165, 1.54) is 87.1 Å². The Balaban J connectivity index is 1.01. The highest BCUT2D eigenvalue weighted by Crippen LogP contribution is 2.41. The number of hydrogen-bond donors (Lipinski definition) is 0. The van der Waals surface area contributed by atoms with Gasteiger partial charge in [-0.25, -0.2) is 0 Å². The minimum atomic E-state index is 0.904. The third-order valence-electron chi connectivity index (χ3n) is 12.3. The topological polar surface area (TPSA) is 23.0 Å². The highest BCUT2D eigenvalue weighted by molar-refractivity contribution is 6.26. The van der Waals surface area contributed by atoms with Gasteiger partial charge in [-0.1, -0.05) is 127 Å². The van der Waals surface area contributed by atoms with Crippen molar-refractivity contribution in [2.45, 2.75) is 0 Å². The van der Waals surface area contributed by atoms with E-state index in [4.69, 9.17) is 4.42 Å². The fraction of sp³-hybridized carbons (Fsp3) is 0. The van der Waals surface area contributed by atoms with E-state index in [0.29, 0.717) is 0 Å². The van der Waals surface area contributed by atoms with Crippen molar-refractivity contribution in [3.8, 4) is 22.5 Å². The molecule has 13 rings (SSSR count). The van der Waals surface area contributed by atoms with Crippen molar-refractivity contribution in [2.75, 3.05) is 0 Å². The van der Waals surface area contributed by atoms with E-state index >= 15 is 0 Å². The maximum Gasteiger partial charge on any atom is 0.135 e. The summed E-state index contributed by atoms with van der Waals surface area (Å²) >= 11 is 0. The summed E-state index contributed by atoms with van der Waals surface area (Å²) in [5, 5.41) is 14.9. The molecular formula is C54H32N2O. The molecule has 0 radical (unpaired) electrons. The van der Waals surface area contributed by atoms with Crippen LogP contribution in [0.25, 0.3) is 120 Å². The summed E-state index contributed by atoms with van der Waals surface area (Å²) in [4.78, 5) is 0. The lowest BCUT2D eigenvalue weighted by molar-refractivity contribution is 0.669. The molecule has 0 saturated carbocycles. The zero-order chi connectivity index (χ0) is 37.2. The third-order valence-corrected chi connectivity index (χ3v) is 12.3. The summed E-state index contributed by atoms with van der Waals surface area (Å²) < 4.78 is 11.0. The molecule has 0 aliphatic heterocycles. The number of hydrogen-bond acceptors (Lipinski definition) is 1. The van der Waals surface area contributed by atoms with Crippen LogP contribution < -0.4 is 0 Å². The van der Waals surface area contributed by atoms with Crippen LogP contribution in [-0.2, 0) is 0 Å². The molecule has 3 aromatic heterocycles. The van der Waals surface area contributed by atoms with Gasteiger partial charge in [-0.2, -0.15) is 0 Å². The van der Waals surface area contributed by atoms with Crippen molar-refractivity contribution in [2.24, 2.45) is 0 Å². The molecule has 0 bridgehead atoms. The van der Waals surface area contributed by atoms with E-state index in [0.717, 1.165) is 33.3 Å². The van der Waals surface area contributed by atoms with Gasteiger partial charge >= 0.3 is 0 Å². The first kappa shape index (κ1) is 30.7. The average molecular weight is 725 g/mol. The number of furan rings is 1. The molecule has 0 unspecified atom stereocenters. The van der Waals surface area contributed by atoms with Crippen molar-refractivity contribution in [1.29, 1.82) is 0 Å². The molecule has 13 aromatic rings. The lowest BCUT2D eigenvalue weighted by Gasteiger charge is -2.14. The molecule has 3 heteroatoms. The van der Waals surface area contributed by atoms with Gasteiger partial charge in [0.1, 0.15) is 11.2 Å². The number of para-hydroxylation sites is 3. The van der Waals surface area contributed by atoms with Gasteiger partial charge in [0.15, 0.2) is 0 Å². The maximum absolute atomic E-state index is 6.19. The van der Waals surface area contributed by atoms with Crippen molar-refractivity contribution in [3.63, 3.8) is 0 Å². The number of fused-ring (bicyclic) bond motifs is 15. The molecule has 0 fully saturated rings.